The minimum atomic E-state index is 0.120. The van der Waals surface area contributed by atoms with Crippen LogP contribution in [0.5, 0.6) is 0 Å². The molecule has 1 aromatic rings. The van der Waals surface area contributed by atoms with E-state index in [0.717, 1.165) is 30.5 Å². The molecular formula is C17H24N2O2. The summed E-state index contributed by atoms with van der Waals surface area (Å²) in [6.07, 6.45) is 3.30. The molecule has 0 bridgehead atoms. The molecule has 1 fully saturated rings. The first-order valence-corrected chi connectivity index (χ1v) is 7.93. The Morgan fingerprint density at radius 3 is 2.95 bits per heavy atom. The van der Waals surface area contributed by atoms with Gasteiger partial charge in [0.05, 0.1) is 13.2 Å². The van der Waals surface area contributed by atoms with Gasteiger partial charge in [-0.1, -0.05) is 19.4 Å². The zero-order valence-electron chi connectivity index (χ0n) is 12.7. The Balaban J connectivity index is 1.78. The Kier molecular flexibility index (Phi) is 4.27. The van der Waals surface area contributed by atoms with Crippen LogP contribution in [-0.2, 0) is 18.0 Å². The maximum atomic E-state index is 12.8. The van der Waals surface area contributed by atoms with Crippen molar-refractivity contribution < 1.29 is 9.53 Å². The van der Waals surface area contributed by atoms with Crippen molar-refractivity contribution >= 4 is 5.91 Å². The molecule has 114 valence electrons. The lowest BCUT2D eigenvalue weighted by Gasteiger charge is -2.39. The number of carbonyl (C=O) groups is 1. The van der Waals surface area contributed by atoms with Crippen molar-refractivity contribution in [2.75, 3.05) is 13.1 Å². The van der Waals surface area contributed by atoms with Crippen molar-refractivity contribution in [1.29, 1.82) is 0 Å². The molecule has 2 atom stereocenters. The van der Waals surface area contributed by atoms with Crippen molar-refractivity contribution in [3.05, 3.63) is 34.9 Å². The van der Waals surface area contributed by atoms with Gasteiger partial charge in [-0.2, -0.15) is 0 Å². The normalized spacial score (nSPS) is 25.0. The maximum absolute atomic E-state index is 12.8. The number of nitrogens with zero attached hydrogens (tertiary/aromatic N) is 1. The largest absolute Gasteiger partial charge is 0.372 e. The number of rotatable bonds is 3. The van der Waals surface area contributed by atoms with E-state index in [2.05, 4.69) is 6.92 Å². The Morgan fingerprint density at radius 1 is 1.38 bits per heavy atom. The van der Waals surface area contributed by atoms with Crippen molar-refractivity contribution in [1.82, 2.24) is 4.90 Å². The minimum absolute atomic E-state index is 0.120. The molecule has 0 radical (unpaired) electrons. The van der Waals surface area contributed by atoms with Gasteiger partial charge in [-0.3, -0.25) is 4.79 Å². The van der Waals surface area contributed by atoms with Crippen LogP contribution in [0.1, 0.15) is 47.7 Å². The van der Waals surface area contributed by atoms with E-state index >= 15 is 0 Å². The third-order valence-corrected chi connectivity index (χ3v) is 4.90. The molecule has 0 aliphatic carbocycles. The van der Waals surface area contributed by atoms with Crippen LogP contribution in [0, 0.1) is 5.92 Å². The summed E-state index contributed by atoms with van der Waals surface area (Å²) in [4.78, 5) is 14.8. The molecular weight excluding hydrogens is 264 g/mol. The number of benzene rings is 1. The number of hydrogen-bond acceptors (Lipinski definition) is 3. The Labute approximate surface area is 126 Å². The highest BCUT2D eigenvalue weighted by Gasteiger charge is 2.30. The summed E-state index contributed by atoms with van der Waals surface area (Å²) >= 11 is 0. The minimum Gasteiger partial charge on any atom is -0.372 e. The smallest absolute Gasteiger partial charge is 0.254 e. The van der Waals surface area contributed by atoms with E-state index in [4.69, 9.17) is 10.5 Å². The van der Waals surface area contributed by atoms with E-state index in [1.54, 1.807) is 0 Å². The van der Waals surface area contributed by atoms with Gasteiger partial charge in [0.2, 0.25) is 0 Å². The third-order valence-electron chi connectivity index (χ3n) is 4.90. The second-order valence-corrected chi connectivity index (χ2v) is 6.16. The zero-order valence-corrected chi connectivity index (χ0v) is 12.7. The lowest BCUT2D eigenvalue weighted by molar-refractivity contribution is 0.0558. The van der Waals surface area contributed by atoms with Crippen LogP contribution in [-0.4, -0.2) is 29.9 Å². The molecule has 1 saturated heterocycles. The molecule has 0 spiro atoms. The third kappa shape index (κ3) is 2.83. The molecule has 21 heavy (non-hydrogen) atoms. The van der Waals surface area contributed by atoms with Crippen LogP contribution >= 0.6 is 0 Å². The molecule has 3 rings (SSSR count). The number of ether oxygens (including phenoxy) is 1. The number of amides is 1. The van der Waals surface area contributed by atoms with Crippen LogP contribution in [0.4, 0.5) is 0 Å². The van der Waals surface area contributed by atoms with Crippen LogP contribution in [0.3, 0.4) is 0 Å². The molecule has 2 N–H and O–H groups in total. The van der Waals surface area contributed by atoms with Crippen molar-refractivity contribution in [3.8, 4) is 0 Å². The average Bonchev–Trinajstić information content (AvgIpc) is 3.01. The SMILES string of the molecule is CCC1CCN(C(=O)c2ccc3c(c2)COC3)C(CN)C1. The van der Waals surface area contributed by atoms with Crippen LogP contribution < -0.4 is 5.73 Å². The molecule has 2 unspecified atom stereocenters. The molecule has 2 heterocycles. The molecule has 4 heteroatoms. The summed E-state index contributed by atoms with van der Waals surface area (Å²) in [7, 11) is 0. The summed E-state index contributed by atoms with van der Waals surface area (Å²) < 4.78 is 5.42. The fourth-order valence-electron chi connectivity index (χ4n) is 3.47. The summed E-state index contributed by atoms with van der Waals surface area (Å²) in [5.41, 5.74) is 9.02. The molecule has 0 saturated carbocycles. The molecule has 0 aromatic heterocycles. The van der Waals surface area contributed by atoms with Gasteiger partial charge in [-0.25, -0.2) is 0 Å². The van der Waals surface area contributed by atoms with E-state index < -0.39 is 0 Å². The van der Waals surface area contributed by atoms with E-state index in [-0.39, 0.29) is 11.9 Å². The summed E-state index contributed by atoms with van der Waals surface area (Å²) in [6, 6.07) is 6.12. The number of likely N-dealkylation sites (tertiary alicyclic amines) is 1. The molecule has 2 aliphatic rings. The standard InChI is InChI=1S/C17H24N2O2/c1-2-12-5-6-19(16(7-12)9-18)17(20)13-3-4-14-10-21-11-15(14)8-13/h3-4,8,12,16H,2,5-7,9-11,18H2,1H3. The summed E-state index contributed by atoms with van der Waals surface area (Å²) in [5, 5.41) is 0. The van der Waals surface area contributed by atoms with E-state index in [1.807, 2.05) is 23.1 Å². The number of nitrogens with two attached hydrogens (primary N) is 1. The average molecular weight is 288 g/mol. The van der Waals surface area contributed by atoms with E-state index in [9.17, 15) is 4.79 Å². The van der Waals surface area contributed by atoms with Crippen LogP contribution in [0.2, 0.25) is 0 Å². The molecule has 4 nitrogen and oxygen atoms in total. The van der Waals surface area contributed by atoms with Gasteiger partial charge in [0.15, 0.2) is 0 Å². The first-order chi connectivity index (χ1) is 10.2. The predicted molar refractivity (Wildman–Crippen MR) is 81.8 cm³/mol. The number of fused-ring (bicyclic) bond motifs is 1. The lowest BCUT2D eigenvalue weighted by atomic mass is 9.88. The number of piperidine rings is 1. The van der Waals surface area contributed by atoms with Crippen molar-refractivity contribution in [3.63, 3.8) is 0 Å². The Morgan fingerprint density at radius 2 is 2.19 bits per heavy atom. The van der Waals surface area contributed by atoms with Crippen molar-refractivity contribution in [2.24, 2.45) is 11.7 Å². The fourth-order valence-corrected chi connectivity index (χ4v) is 3.47. The van der Waals surface area contributed by atoms with Crippen LogP contribution in [0.15, 0.2) is 18.2 Å². The highest BCUT2D eigenvalue weighted by atomic mass is 16.5. The Hall–Kier alpha value is -1.39. The van der Waals surface area contributed by atoms with Gasteiger partial charge in [0.25, 0.3) is 5.91 Å². The summed E-state index contributed by atoms with van der Waals surface area (Å²) in [5.74, 6) is 0.825. The molecule has 2 aliphatic heterocycles. The quantitative estimate of drug-likeness (QED) is 0.928. The van der Waals surface area contributed by atoms with Crippen LogP contribution in [0.25, 0.3) is 0 Å². The van der Waals surface area contributed by atoms with Gasteiger partial charge < -0.3 is 15.4 Å². The first-order valence-electron chi connectivity index (χ1n) is 7.93. The fraction of sp³-hybridized carbons (Fsp3) is 0.588. The second-order valence-electron chi connectivity index (χ2n) is 6.16. The van der Waals surface area contributed by atoms with Crippen molar-refractivity contribution in [2.45, 2.75) is 45.4 Å². The monoisotopic (exact) mass is 288 g/mol. The maximum Gasteiger partial charge on any atom is 0.254 e. The van der Waals surface area contributed by atoms with E-state index in [0.29, 0.717) is 25.7 Å². The molecule has 1 aromatic carbocycles. The van der Waals surface area contributed by atoms with Gasteiger partial charge in [-0.05, 0) is 42.0 Å². The highest BCUT2D eigenvalue weighted by Crippen LogP contribution is 2.27. The second kappa shape index (κ2) is 6.16. The highest BCUT2D eigenvalue weighted by molar-refractivity contribution is 5.94. The first kappa shape index (κ1) is 14.5. The molecule has 1 amide bonds. The summed E-state index contributed by atoms with van der Waals surface area (Å²) in [6.45, 7) is 4.88. The van der Waals surface area contributed by atoms with E-state index in [1.165, 1.54) is 12.0 Å². The number of hydrogen-bond donors (Lipinski definition) is 1. The van der Waals surface area contributed by atoms with Gasteiger partial charge in [-0.15, -0.1) is 0 Å². The zero-order chi connectivity index (χ0) is 14.8. The Bertz CT molecular complexity index is 530. The number of carbonyl (C=O) groups excluding carboxylic acids is 1. The predicted octanol–water partition coefficient (Wildman–Crippen LogP) is 2.31. The van der Waals surface area contributed by atoms with Gasteiger partial charge >= 0.3 is 0 Å². The van der Waals surface area contributed by atoms with Gasteiger partial charge in [0.1, 0.15) is 0 Å². The lowest BCUT2D eigenvalue weighted by Crippen LogP contribution is -2.49. The van der Waals surface area contributed by atoms with Gasteiger partial charge in [0, 0.05) is 24.7 Å². The topological polar surface area (TPSA) is 55.6 Å².